The van der Waals surface area contributed by atoms with Crippen LogP contribution in [0.4, 0.5) is 0 Å². The van der Waals surface area contributed by atoms with Crippen LogP contribution in [0.15, 0.2) is 30.3 Å². The molecular formula is C29H43NO. The normalized spacial score (nSPS) is 47.2. The van der Waals surface area contributed by atoms with E-state index in [0.29, 0.717) is 16.2 Å². The van der Waals surface area contributed by atoms with Crippen LogP contribution < -0.4 is 5.32 Å². The fraction of sp³-hybridized carbons (Fsp3) is 0.793. The second-order valence-electron chi connectivity index (χ2n) is 12.5. The molecule has 170 valence electrons. The van der Waals surface area contributed by atoms with Crippen molar-refractivity contribution in [3.63, 3.8) is 0 Å². The van der Waals surface area contributed by atoms with E-state index in [-0.39, 0.29) is 0 Å². The molecule has 2 nitrogen and oxygen atoms in total. The quantitative estimate of drug-likeness (QED) is 0.501. The van der Waals surface area contributed by atoms with Crippen molar-refractivity contribution in [2.75, 3.05) is 6.61 Å². The van der Waals surface area contributed by atoms with Crippen LogP contribution in [0.25, 0.3) is 0 Å². The molecule has 6 fully saturated rings. The lowest BCUT2D eigenvalue weighted by atomic mass is 9.33. The molecule has 8 atom stereocenters. The summed E-state index contributed by atoms with van der Waals surface area (Å²) in [6, 6.07) is 12.3. The Hall–Kier alpha value is -0.860. The summed E-state index contributed by atoms with van der Waals surface area (Å²) in [6.07, 6.45) is 13.0. The molecule has 2 unspecified atom stereocenters. The smallest absolute Gasteiger partial charge is 0.0716 e. The molecular weight excluding hydrogens is 378 g/mol. The zero-order valence-electron chi connectivity index (χ0n) is 20.0. The summed E-state index contributed by atoms with van der Waals surface area (Å²) >= 11 is 0. The molecule has 4 aliphatic carbocycles. The van der Waals surface area contributed by atoms with Gasteiger partial charge in [0.15, 0.2) is 0 Å². The van der Waals surface area contributed by atoms with E-state index in [1.165, 1.54) is 63.4 Å². The summed E-state index contributed by atoms with van der Waals surface area (Å²) in [6.45, 7) is 9.42. The molecule has 0 radical (unpaired) electrons. The molecule has 1 aromatic rings. The first-order valence-corrected chi connectivity index (χ1v) is 13.4. The molecule has 6 aliphatic rings. The molecule has 7 rings (SSSR count). The lowest BCUT2D eigenvalue weighted by molar-refractivity contribution is -0.247. The maximum Gasteiger partial charge on any atom is 0.0716 e. The van der Waals surface area contributed by atoms with E-state index in [4.69, 9.17) is 4.74 Å². The van der Waals surface area contributed by atoms with Crippen LogP contribution in [0.3, 0.4) is 0 Å². The Morgan fingerprint density at radius 2 is 1.87 bits per heavy atom. The number of hydrogen-bond donors (Lipinski definition) is 1. The minimum atomic E-state index is 0.503. The van der Waals surface area contributed by atoms with Gasteiger partial charge in [-0.2, -0.15) is 0 Å². The second kappa shape index (κ2) is 7.32. The van der Waals surface area contributed by atoms with Crippen LogP contribution in [0.5, 0.6) is 0 Å². The van der Waals surface area contributed by atoms with Gasteiger partial charge < -0.3 is 10.1 Å². The van der Waals surface area contributed by atoms with Crippen molar-refractivity contribution in [1.29, 1.82) is 0 Å². The number of hydrogen-bond acceptors (Lipinski definition) is 2. The highest BCUT2D eigenvalue weighted by atomic mass is 16.5. The van der Waals surface area contributed by atoms with Crippen LogP contribution in [-0.2, 0) is 11.3 Å². The molecule has 6 bridgehead atoms. The average molecular weight is 422 g/mol. The Balaban J connectivity index is 1.27. The van der Waals surface area contributed by atoms with Crippen LogP contribution in [0, 0.1) is 39.9 Å². The fourth-order valence-corrected chi connectivity index (χ4v) is 10.4. The first-order valence-electron chi connectivity index (χ1n) is 13.4. The molecule has 2 heteroatoms. The lowest BCUT2D eigenvalue weighted by Gasteiger charge is -2.76. The molecule has 0 amide bonds. The molecule has 1 aromatic carbocycles. The van der Waals surface area contributed by atoms with E-state index in [0.717, 1.165) is 49.0 Å². The van der Waals surface area contributed by atoms with Gasteiger partial charge in [0.25, 0.3) is 0 Å². The number of nitrogens with one attached hydrogen (secondary N) is 1. The Morgan fingerprint density at radius 1 is 1.03 bits per heavy atom. The van der Waals surface area contributed by atoms with Gasteiger partial charge >= 0.3 is 0 Å². The minimum absolute atomic E-state index is 0.503. The lowest BCUT2D eigenvalue weighted by Crippen LogP contribution is -2.80. The van der Waals surface area contributed by atoms with Gasteiger partial charge in [-0.15, -0.1) is 0 Å². The highest BCUT2D eigenvalue weighted by molar-refractivity contribution is 5.31. The van der Waals surface area contributed by atoms with E-state index in [1.807, 2.05) is 0 Å². The van der Waals surface area contributed by atoms with Gasteiger partial charge in [0.2, 0.25) is 0 Å². The highest BCUT2D eigenvalue weighted by Gasteiger charge is 2.79. The van der Waals surface area contributed by atoms with Gasteiger partial charge in [-0.1, -0.05) is 57.5 Å². The number of benzene rings is 1. The molecule has 1 N–H and O–H groups in total. The van der Waals surface area contributed by atoms with Crippen molar-refractivity contribution < 1.29 is 4.74 Å². The summed E-state index contributed by atoms with van der Waals surface area (Å²) in [5, 5.41) is 4.43. The summed E-state index contributed by atoms with van der Waals surface area (Å²) in [4.78, 5) is 0. The third-order valence-electron chi connectivity index (χ3n) is 11.5. The van der Waals surface area contributed by atoms with Gasteiger partial charge in [0.05, 0.1) is 6.61 Å². The molecule has 31 heavy (non-hydrogen) atoms. The molecule has 2 aliphatic heterocycles. The number of rotatable bonds is 7. The van der Waals surface area contributed by atoms with Gasteiger partial charge in [-0.25, -0.2) is 0 Å². The number of ether oxygens (including phenoxy) is 1. The zero-order chi connectivity index (χ0) is 21.3. The van der Waals surface area contributed by atoms with Gasteiger partial charge in [-0.05, 0) is 96.8 Å². The van der Waals surface area contributed by atoms with Gasteiger partial charge in [-0.3, -0.25) is 0 Å². The van der Waals surface area contributed by atoms with Gasteiger partial charge in [0.1, 0.15) is 0 Å². The Labute approximate surface area is 189 Å². The fourth-order valence-electron chi connectivity index (χ4n) is 10.4. The summed E-state index contributed by atoms with van der Waals surface area (Å²) < 4.78 is 6.20. The Kier molecular flexibility index (Phi) is 4.89. The summed E-state index contributed by atoms with van der Waals surface area (Å²) in [5.41, 5.74) is 3.00. The van der Waals surface area contributed by atoms with E-state index in [1.54, 1.807) is 0 Å². The molecule has 0 aromatic heterocycles. The van der Waals surface area contributed by atoms with E-state index >= 15 is 0 Å². The second-order valence-corrected chi connectivity index (χ2v) is 12.5. The van der Waals surface area contributed by atoms with E-state index in [2.05, 4.69) is 56.4 Å². The van der Waals surface area contributed by atoms with Crippen molar-refractivity contribution in [1.82, 2.24) is 5.32 Å². The maximum absolute atomic E-state index is 6.20. The van der Waals surface area contributed by atoms with Crippen molar-refractivity contribution in [3.05, 3.63) is 35.9 Å². The topological polar surface area (TPSA) is 21.3 Å². The van der Waals surface area contributed by atoms with Crippen molar-refractivity contribution in [3.8, 4) is 0 Å². The van der Waals surface area contributed by atoms with E-state index < -0.39 is 0 Å². The standard InChI is InChI=1S/C29H43NO/c1-20(2)22-12-16-27(3)23-13-17-28-14-7-11-24(28)29(27,25(22)30-26(23)28)15-8-18-31-19-21-9-5-4-6-10-21/h4-6,9-10,20,22-26,30H,7-8,11-19H2,1-3H3/t22?,23-,24-,25?,26-,27+,28-,29+/m1/s1. The monoisotopic (exact) mass is 421 g/mol. The summed E-state index contributed by atoms with van der Waals surface area (Å²) in [7, 11) is 0. The third-order valence-corrected chi connectivity index (χ3v) is 11.5. The number of piperidine rings is 2. The Morgan fingerprint density at radius 3 is 2.68 bits per heavy atom. The first kappa shape index (κ1) is 20.7. The highest BCUT2D eigenvalue weighted by Crippen LogP contribution is 2.80. The van der Waals surface area contributed by atoms with Crippen molar-refractivity contribution in [2.24, 2.45) is 39.9 Å². The van der Waals surface area contributed by atoms with Crippen LogP contribution in [0.1, 0.15) is 84.1 Å². The van der Waals surface area contributed by atoms with Gasteiger partial charge in [0, 0.05) is 18.7 Å². The van der Waals surface area contributed by atoms with Crippen molar-refractivity contribution >= 4 is 0 Å². The van der Waals surface area contributed by atoms with Crippen LogP contribution in [0.2, 0.25) is 0 Å². The molecule has 1 spiro atoms. The van der Waals surface area contributed by atoms with Crippen LogP contribution >= 0.6 is 0 Å². The minimum Gasteiger partial charge on any atom is -0.377 e. The maximum atomic E-state index is 6.20. The first-order chi connectivity index (χ1) is 15.0. The average Bonchev–Trinajstić information content (AvgIpc) is 3.35. The third kappa shape index (κ3) is 2.64. The molecule has 4 saturated carbocycles. The zero-order valence-corrected chi connectivity index (χ0v) is 20.0. The predicted molar refractivity (Wildman–Crippen MR) is 127 cm³/mol. The van der Waals surface area contributed by atoms with E-state index in [9.17, 15) is 0 Å². The largest absolute Gasteiger partial charge is 0.377 e. The Bertz CT molecular complexity index is 806. The summed E-state index contributed by atoms with van der Waals surface area (Å²) in [5.74, 6) is 3.55. The predicted octanol–water partition coefficient (Wildman–Crippen LogP) is 6.59. The SMILES string of the molecule is CC(C)C1CC[C@@]2(C)[C@@H]3CC[C@]45CCC[C@H]4[C@@]2(CCCOCc2ccccc2)C1N[C@H]35. The molecule has 2 heterocycles. The van der Waals surface area contributed by atoms with Crippen LogP contribution in [-0.4, -0.2) is 18.7 Å². The molecule has 2 saturated heterocycles. The van der Waals surface area contributed by atoms with Crippen molar-refractivity contribution in [2.45, 2.75) is 97.2 Å².